The number of hydrogen-bond acceptors (Lipinski definition) is 5. The number of rotatable bonds is 6. The highest BCUT2D eigenvalue weighted by Gasteiger charge is 2.17. The first-order chi connectivity index (χ1) is 10.5. The molecule has 0 aliphatic rings. The molecule has 114 valence electrons. The molecule has 22 heavy (non-hydrogen) atoms. The maximum absolute atomic E-state index is 11.1. The summed E-state index contributed by atoms with van der Waals surface area (Å²) in [7, 11) is 0. The number of nitro groups is 1. The zero-order chi connectivity index (χ0) is 16.1. The van der Waals surface area contributed by atoms with E-state index in [1.54, 1.807) is 25.1 Å². The lowest BCUT2D eigenvalue weighted by molar-refractivity contribution is -0.385. The Bertz CT molecular complexity index is 731. The van der Waals surface area contributed by atoms with Gasteiger partial charge in [0.05, 0.1) is 11.5 Å². The molecule has 7 heteroatoms. The Morgan fingerprint density at radius 2 is 2.18 bits per heavy atom. The fraction of sp³-hybridized carbons (Fsp3) is 0.133. The standard InChI is InChI=1S/C15H13NO6/c1-2-21-14-6-3-10(9-12(14)16(19)20)13-7-4-11(22-13)5-8-15(17)18/h3-9H,2H2,1H3,(H,17,18)/b8-5+. The Labute approximate surface area is 125 Å². The number of furan rings is 1. The molecule has 1 N–H and O–H groups in total. The average molecular weight is 303 g/mol. The number of aliphatic carboxylic acids is 1. The highest BCUT2D eigenvalue weighted by Crippen LogP contribution is 2.33. The zero-order valence-corrected chi connectivity index (χ0v) is 11.7. The SMILES string of the molecule is CCOc1ccc(-c2ccc(/C=C/C(=O)O)o2)cc1[N+](=O)[O-]. The third-order valence-corrected chi connectivity index (χ3v) is 2.76. The fourth-order valence-corrected chi connectivity index (χ4v) is 1.84. The van der Waals surface area contributed by atoms with Crippen molar-refractivity contribution in [1.82, 2.24) is 0 Å². The topological polar surface area (TPSA) is 103 Å². The Kier molecular flexibility index (Phi) is 4.57. The molecule has 0 radical (unpaired) electrons. The average Bonchev–Trinajstić information content (AvgIpc) is 2.94. The third-order valence-electron chi connectivity index (χ3n) is 2.76. The molecule has 2 rings (SSSR count). The van der Waals surface area contributed by atoms with Gasteiger partial charge in [-0.1, -0.05) is 0 Å². The highest BCUT2D eigenvalue weighted by molar-refractivity contribution is 5.84. The van der Waals surface area contributed by atoms with Crippen molar-refractivity contribution in [3.8, 4) is 17.1 Å². The van der Waals surface area contributed by atoms with E-state index in [0.29, 0.717) is 23.7 Å². The van der Waals surface area contributed by atoms with E-state index in [-0.39, 0.29) is 11.4 Å². The minimum absolute atomic E-state index is 0.154. The smallest absolute Gasteiger partial charge is 0.328 e. The number of carbonyl (C=O) groups is 1. The molecule has 0 atom stereocenters. The van der Waals surface area contributed by atoms with Crippen LogP contribution in [0.1, 0.15) is 12.7 Å². The zero-order valence-electron chi connectivity index (χ0n) is 11.7. The molecule has 0 spiro atoms. The second-order valence-electron chi connectivity index (χ2n) is 4.25. The summed E-state index contributed by atoms with van der Waals surface area (Å²) in [5.74, 6) is -0.159. The van der Waals surface area contributed by atoms with Crippen molar-refractivity contribution in [2.45, 2.75) is 6.92 Å². The number of carboxylic acid groups (broad SMARTS) is 1. The number of nitro benzene ring substituents is 1. The summed E-state index contributed by atoms with van der Waals surface area (Å²) in [4.78, 5) is 21.0. The van der Waals surface area contributed by atoms with Gasteiger partial charge in [0.2, 0.25) is 0 Å². The van der Waals surface area contributed by atoms with Crippen LogP contribution in [0.25, 0.3) is 17.4 Å². The number of hydrogen-bond donors (Lipinski definition) is 1. The van der Waals surface area contributed by atoms with Gasteiger partial charge in [0, 0.05) is 17.7 Å². The van der Waals surface area contributed by atoms with E-state index in [4.69, 9.17) is 14.3 Å². The summed E-state index contributed by atoms with van der Waals surface area (Å²) >= 11 is 0. The predicted molar refractivity (Wildman–Crippen MR) is 78.6 cm³/mol. The van der Waals surface area contributed by atoms with Crippen LogP contribution in [0.15, 0.2) is 40.8 Å². The van der Waals surface area contributed by atoms with Gasteiger partial charge in [-0.15, -0.1) is 0 Å². The molecule has 2 aromatic rings. The monoisotopic (exact) mass is 303 g/mol. The Balaban J connectivity index is 2.35. The quantitative estimate of drug-likeness (QED) is 0.498. The van der Waals surface area contributed by atoms with Crippen LogP contribution in [0, 0.1) is 10.1 Å². The molecule has 0 bridgehead atoms. The third kappa shape index (κ3) is 3.51. The molecule has 1 aromatic carbocycles. The summed E-state index contributed by atoms with van der Waals surface area (Å²) in [6.45, 7) is 2.07. The molecule has 0 amide bonds. The van der Waals surface area contributed by atoms with Crippen LogP contribution in [0.5, 0.6) is 5.75 Å². The molecular weight excluding hydrogens is 290 g/mol. The molecule has 0 saturated heterocycles. The van der Waals surface area contributed by atoms with Crippen LogP contribution in [-0.4, -0.2) is 22.6 Å². The summed E-state index contributed by atoms with van der Waals surface area (Å²) in [6.07, 6.45) is 2.25. The normalized spacial score (nSPS) is 10.8. The molecule has 1 aromatic heterocycles. The second kappa shape index (κ2) is 6.57. The van der Waals surface area contributed by atoms with Crippen molar-refractivity contribution < 1.29 is 24.0 Å². The minimum atomic E-state index is -1.09. The minimum Gasteiger partial charge on any atom is -0.487 e. The number of carboxylic acids is 1. The van der Waals surface area contributed by atoms with Crippen molar-refractivity contribution in [3.05, 3.63) is 52.3 Å². The van der Waals surface area contributed by atoms with E-state index >= 15 is 0 Å². The van der Waals surface area contributed by atoms with E-state index in [0.717, 1.165) is 6.08 Å². The number of benzene rings is 1. The molecule has 0 fully saturated rings. The largest absolute Gasteiger partial charge is 0.487 e. The van der Waals surface area contributed by atoms with E-state index in [1.165, 1.54) is 18.2 Å². The summed E-state index contributed by atoms with van der Waals surface area (Å²) < 4.78 is 10.7. The summed E-state index contributed by atoms with van der Waals surface area (Å²) in [5, 5.41) is 19.6. The Morgan fingerprint density at radius 3 is 2.82 bits per heavy atom. The van der Waals surface area contributed by atoms with Crippen LogP contribution in [-0.2, 0) is 4.79 Å². The van der Waals surface area contributed by atoms with Crippen LogP contribution < -0.4 is 4.74 Å². The maximum atomic E-state index is 11.1. The lowest BCUT2D eigenvalue weighted by Crippen LogP contribution is -1.97. The van der Waals surface area contributed by atoms with Gasteiger partial charge in [-0.25, -0.2) is 4.79 Å². The predicted octanol–water partition coefficient (Wildman–Crippen LogP) is 3.35. The first-order valence-electron chi connectivity index (χ1n) is 6.43. The van der Waals surface area contributed by atoms with E-state index in [9.17, 15) is 14.9 Å². The molecule has 7 nitrogen and oxygen atoms in total. The van der Waals surface area contributed by atoms with Gasteiger partial charge in [0.25, 0.3) is 0 Å². The maximum Gasteiger partial charge on any atom is 0.328 e. The molecular formula is C15H13NO6. The van der Waals surface area contributed by atoms with Crippen molar-refractivity contribution in [1.29, 1.82) is 0 Å². The first-order valence-corrected chi connectivity index (χ1v) is 6.43. The van der Waals surface area contributed by atoms with Crippen LogP contribution in [0.4, 0.5) is 5.69 Å². The van der Waals surface area contributed by atoms with Crippen LogP contribution in [0.2, 0.25) is 0 Å². The van der Waals surface area contributed by atoms with E-state index < -0.39 is 10.9 Å². The van der Waals surface area contributed by atoms with E-state index in [1.807, 2.05) is 0 Å². The van der Waals surface area contributed by atoms with Crippen molar-refractivity contribution in [2.75, 3.05) is 6.61 Å². The molecule has 0 unspecified atom stereocenters. The summed E-state index contributed by atoms with van der Waals surface area (Å²) in [5.41, 5.74) is 0.350. The molecule has 0 saturated carbocycles. The van der Waals surface area contributed by atoms with Crippen molar-refractivity contribution in [3.63, 3.8) is 0 Å². The van der Waals surface area contributed by atoms with Crippen molar-refractivity contribution in [2.24, 2.45) is 0 Å². The number of ether oxygens (including phenoxy) is 1. The molecule has 1 heterocycles. The van der Waals surface area contributed by atoms with Crippen LogP contribution >= 0.6 is 0 Å². The van der Waals surface area contributed by atoms with Gasteiger partial charge in [0.1, 0.15) is 11.5 Å². The first kappa shape index (κ1) is 15.3. The Hall–Kier alpha value is -3.09. The number of nitrogens with zero attached hydrogens (tertiary/aromatic N) is 1. The highest BCUT2D eigenvalue weighted by atomic mass is 16.6. The van der Waals surface area contributed by atoms with Gasteiger partial charge in [-0.2, -0.15) is 0 Å². The van der Waals surface area contributed by atoms with Gasteiger partial charge >= 0.3 is 11.7 Å². The Morgan fingerprint density at radius 1 is 1.41 bits per heavy atom. The van der Waals surface area contributed by atoms with Crippen LogP contribution in [0.3, 0.4) is 0 Å². The summed E-state index contributed by atoms with van der Waals surface area (Å²) in [6, 6.07) is 7.69. The molecule has 0 aliphatic heterocycles. The van der Waals surface area contributed by atoms with Crippen molar-refractivity contribution >= 4 is 17.7 Å². The van der Waals surface area contributed by atoms with Gasteiger partial charge in [-0.3, -0.25) is 10.1 Å². The van der Waals surface area contributed by atoms with E-state index in [2.05, 4.69) is 0 Å². The van der Waals surface area contributed by atoms with Gasteiger partial charge in [0.15, 0.2) is 5.75 Å². The fourth-order valence-electron chi connectivity index (χ4n) is 1.84. The lowest BCUT2D eigenvalue weighted by atomic mass is 10.1. The van der Waals surface area contributed by atoms with Gasteiger partial charge < -0.3 is 14.3 Å². The van der Waals surface area contributed by atoms with Gasteiger partial charge in [-0.05, 0) is 37.3 Å². The molecule has 0 aliphatic carbocycles. The second-order valence-corrected chi connectivity index (χ2v) is 4.25. The lowest BCUT2D eigenvalue weighted by Gasteiger charge is -2.05.